The van der Waals surface area contributed by atoms with Gasteiger partial charge in [-0.05, 0) is 66.4 Å². The molecule has 6 aromatic rings. The van der Waals surface area contributed by atoms with Crippen LogP contribution in [0.4, 0.5) is 0 Å². The highest BCUT2D eigenvalue weighted by molar-refractivity contribution is 5.96. The monoisotopic (exact) mass is 502 g/mol. The zero-order valence-electron chi connectivity index (χ0n) is 21.1. The number of benzene rings is 3. The van der Waals surface area contributed by atoms with Gasteiger partial charge < -0.3 is 14.2 Å². The van der Waals surface area contributed by atoms with E-state index in [-0.39, 0.29) is 5.56 Å². The van der Waals surface area contributed by atoms with Crippen LogP contribution in [0.5, 0.6) is 6.01 Å². The number of aryl methyl sites for hydroxylation is 1. The molecular formula is C31H26N4O3. The standard InChI is InChI=1S/C31H26N4O3/c1-3-38-31-33-29-20(2)16-23(26-19-34-15-7-6-10-28(34)32-26)17-27(29)35(31)18-21-11-13-22(14-12-21)24-8-4-5-9-25(24)30(36)37/h4-17,19H,3,18H2,1-2H3,(H,36,37). The Kier molecular flexibility index (Phi) is 5.88. The van der Waals surface area contributed by atoms with Crippen molar-refractivity contribution in [1.82, 2.24) is 18.9 Å². The Bertz CT molecular complexity index is 1770. The molecule has 188 valence electrons. The van der Waals surface area contributed by atoms with Crippen LogP contribution in [0.15, 0.2) is 91.3 Å². The Morgan fingerprint density at radius 1 is 0.947 bits per heavy atom. The number of carboxylic acids is 1. The van der Waals surface area contributed by atoms with Crippen molar-refractivity contribution in [3.63, 3.8) is 0 Å². The normalized spacial score (nSPS) is 11.3. The third kappa shape index (κ3) is 4.18. The van der Waals surface area contributed by atoms with Crippen LogP contribution in [-0.4, -0.2) is 36.6 Å². The maximum atomic E-state index is 11.7. The van der Waals surface area contributed by atoms with E-state index in [1.54, 1.807) is 12.1 Å². The number of imidazole rings is 2. The molecule has 0 atom stereocenters. The second-order valence-electron chi connectivity index (χ2n) is 9.21. The van der Waals surface area contributed by atoms with E-state index in [4.69, 9.17) is 14.7 Å². The smallest absolute Gasteiger partial charge is 0.336 e. The number of aromatic carboxylic acids is 1. The van der Waals surface area contributed by atoms with E-state index in [1.807, 2.05) is 78.3 Å². The molecule has 3 aromatic heterocycles. The lowest BCUT2D eigenvalue weighted by Gasteiger charge is -2.11. The molecule has 38 heavy (non-hydrogen) atoms. The molecule has 7 nitrogen and oxygen atoms in total. The summed E-state index contributed by atoms with van der Waals surface area (Å²) in [6.45, 7) is 5.07. The summed E-state index contributed by atoms with van der Waals surface area (Å²) in [6.07, 6.45) is 4.03. The van der Waals surface area contributed by atoms with Crippen LogP contribution in [0.25, 0.3) is 39.1 Å². The molecule has 6 rings (SSSR count). The summed E-state index contributed by atoms with van der Waals surface area (Å²) in [6, 6.07) is 25.8. The largest absolute Gasteiger partial charge is 0.478 e. The van der Waals surface area contributed by atoms with Gasteiger partial charge in [0.1, 0.15) is 5.65 Å². The molecule has 0 spiro atoms. The summed E-state index contributed by atoms with van der Waals surface area (Å²) in [7, 11) is 0. The van der Waals surface area contributed by atoms with Crippen molar-refractivity contribution >= 4 is 22.6 Å². The van der Waals surface area contributed by atoms with Gasteiger partial charge in [0.05, 0.1) is 35.4 Å². The molecule has 0 saturated carbocycles. The van der Waals surface area contributed by atoms with Crippen molar-refractivity contribution in [2.24, 2.45) is 0 Å². The molecule has 0 fully saturated rings. The first-order chi connectivity index (χ1) is 18.5. The highest BCUT2D eigenvalue weighted by Crippen LogP contribution is 2.31. The molecule has 0 saturated heterocycles. The van der Waals surface area contributed by atoms with Crippen molar-refractivity contribution < 1.29 is 14.6 Å². The Balaban J connectivity index is 1.40. The quantitative estimate of drug-likeness (QED) is 0.271. The first-order valence-corrected chi connectivity index (χ1v) is 12.5. The van der Waals surface area contributed by atoms with Gasteiger partial charge in [-0.2, -0.15) is 4.98 Å². The summed E-state index contributed by atoms with van der Waals surface area (Å²) in [4.78, 5) is 21.3. The third-order valence-corrected chi connectivity index (χ3v) is 6.71. The van der Waals surface area contributed by atoms with Crippen LogP contribution in [0, 0.1) is 6.92 Å². The minimum Gasteiger partial charge on any atom is -0.478 e. The van der Waals surface area contributed by atoms with E-state index in [1.165, 1.54) is 0 Å². The summed E-state index contributed by atoms with van der Waals surface area (Å²) in [5.41, 5.74) is 8.63. The molecular weight excluding hydrogens is 476 g/mol. The number of ether oxygens (including phenoxy) is 1. The van der Waals surface area contributed by atoms with Crippen LogP contribution >= 0.6 is 0 Å². The molecule has 0 bridgehead atoms. The van der Waals surface area contributed by atoms with Crippen molar-refractivity contribution in [3.05, 3.63) is 108 Å². The van der Waals surface area contributed by atoms with Crippen molar-refractivity contribution in [2.75, 3.05) is 6.61 Å². The number of carbonyl (C=O) groups is 1. The Morgan fingerprint density at radius 2 is 1.74 bits per heavy atom. The van der Waals surface area contributed by atoms with Crippen LogP contribution in [-0.2, 0) is 6.54 Å². The van der Waals surface area contributed by atoms with Gasteiger partial charge in [-0.25, -0.2) is 9.78 Å². The van der Waals surface area contributed by atoms with Crippen LogP contribution < -0.4 is 4.74 Å². The Morgan fingerprint density at radius 3 is 2.50 bits per heavy atom. The Labute approximate surface area is 219 Å². The summed E-state index contributed by atoms with van der Waals surface area (Å²) < 4.78 is 10.0. The number of fused-ring (bicyclic) bond motifs is 2. The van der Waals surface area contributed by atoms with Gasteiger partial charge >= 0.3 is 5.97 Å². The van der Waals surface area contributed by atoms with Gasteiger partial charge in [0.2, 0.25) is 0 Å². The van der Waals surface area contributed by atoms with Crippen molar-refractivity contribution in [2.45, 2.75) is 20.4 Å². The number of nitrogens with zero attached hydrogens (tertiary/aromatic N) is 4. The number of rotatable bonds is 7. The van der Waals surface area contributed by atoms with E-state index >= 15 is 0 Å². The second kappa shape index (κ2) is 9.52. The molecule has 0 aliphatic heterocycles. The number of aromatic nitrogens is 4. The van der Waals surface area contributed by atoms with Crippen molar-refractivity contribution in [3.8, 4) is 28.4 Å². The van der Waals surface area contributed by atoms with Crippen molar-refractivity contribution in [1.29, 1.82) is 0 Å². The van der Waals surface area contributed by atoms with E-state index in [0.29, 0.717) is 24.7 Å². The molecule has 3 heterocycles. The molecule has 3 aromatic carbocycles. The molecule has 0 amide bonds. The molecule has 0 radical (unpaired) electrons. The summed E-state index contributed by atoms with van der Waals surface area (Å²) in [5, 5.41) is 9.57. The van der Waals surface area contributed by atoms with Gasteiger partial charge in [0.25, 0.3) is 6.01 Å². The van der Waals surface area contributed by atoms with Gasteiger partial charge in [-0.3, -0.25) is 4.57 Å². The summed E-state index contributed by atoms with van der Waals surface area (Å²) in [5.74, 6) is -0.937. The number of hydrogen-bond acceptors (Lipinski definition) is 4. The predicted molar refractivity (Wildman–Crippen MR) is 148 cm³/mol. The molecule has 0 unspecified atom stereocenters. The predicted octanol–water partition coefficient (Wildman–Crippen LogP) is 6.47. The molecule has 0 aliphatic carbocycles. The van der Waals surface area contributed by atoms with Gasteiger partial charge in [0, 0.05) is 18.0 Å². The number of hydrogen-bond donors (Lipinski definition) is 1. The average molecular weight is 503 g/mol. The van der Waals surface area contributed by atoms with E-state index in [0.717, 1.165) is 44.6 Å². The molecule has 1 N–H and O–H groups in total. The highest BCUT2D eigenvalue weighted by atomic mass is 16.5. The zero-order chi connectivity index (χ0) is 26.2. The van der Waals surface area contributed by atoms with Crippen LogP contribution in [0.3, 0.4) is 0 Å². The first kappa shape index (κ1) is 23.5. The number of carboxylic acid groups (broad SMARTS) is 1. The lowest BCUT2D eigenvalue weighted by atomic mass is 9.99. The Hall–Kier alpha value is -4.91. The average Bonchev–Trinajstić information content (AvgIpc) is 3.51. The lowest BCUT2D eigenvalue weighted by Crippen LogP contribution is -2.05. The maximum absolute atomic E-state index is 11.7. The van der Waals surface area contributed by atoms with E-state index in [9.17, 15) is 9.90 Å². The molecule has 0 aliphatic rings. The van der Waals surface area contributed by atoms with Crippen LogP contribution in [0.2, 0.25) is 0 Å². The fraction of sp³-hybridized carbons (Fsp3) is 0.129. The van der Waals surface area contributed by atoms with E-state index in [2.05, 4.69) is 23.6 Å². The lowest BCUT2D eigenvalue weighted by molar-refractivity contribution is 0.0697. The first-order valence-electron chi connectivity index (χ1n) is 12.5. The highest BCUT2D eigenvalue weighted by Gasteiger charge is 2.17. The van der Waals surface area contributed by atoms with E-state index < -0.39 is 5.97 Å². The number of pyridine rings is 1. The fourth-order valence-electron chi connectivity index (χ4n) is 4.88. The maximum Gasteiger partial charge on any atom is 0.336 e. The zero-order valence-corrected chi connectivity index (χ0v) is 21.1. The minimum atomic E-state index is -0.937. The fourth-order valence-corrected chi connectivity index (χ4v) is 4.88. The van der Waals surface area contributed by atoms with Gasteiger partial charge in [-0.15, -0.1) is 0 Å². The SMILES string of the molecule is CCOc1nc2c(C)cc(-c3cn4ccccc4n3)cc2n1Cc1ccc(-c2ccccc2C(=O)O)cc1. The third-order valence-electron chi connectivity index (χ3n) is 6.71. The second-order valence-corrected chi connectivity index (χ2v) is 9.21. The minimum absolute atomic E-state index is 0.287. The van der Waals surface area contributed by atoms with Gasteiger partial charge in [0.15, 0.2) is 0 Å². The van der Waals surface area contributed by atoms with Crippen LogP contribution in [0.1, 0.15) is 28.4 Å². The topological polar surface area (TPSA) is 81.7 Å². The van der Waals surface area contributed by atoms with Gasteiger partial charge in [-0.1, -0.05) is 48.5 Å². The summed E-state index contributed by atoms with van der Waals surface area (Å²) >= 11 is 0. The molecule has 7 heteroatoms.